The van der Waals surface area contributed by atoms with E-state index in [4.69, 9.17) is 10.5 Å². The molecular weight excluding hydrogens is 208 g/mol. The standard InChI is InChI=1S/C10H16N4O2/c1-14-7-8(6-12-14)13-9(15)10(11)2-4-16-5-3-10/h6-7H,2-5,11H2,1H3,(H,13,15). The molecule has 1 aromatic rings. The lowest BCUT2D eigenvalue weighted by atomic mass is 9.90. The summed E-state index contributed by atoms with van der Waals surface area (Å²) in [7, 11) is 1.79. The number of rotatable bonds is 2. The SMILES string of the molecule is Cn1cc(NC(=O)C2(N)CCOCC2)cn1. The van der Waals surface area contributed by atoms with Crippen LogP contribution in [0.15, 0.2) is 12.4 Å². The summed E-state index contributed by atoms with van der Waals surface area (Å²) >= 11 is 0. The Balaban J connectivity index is 2.01. The second-order valence-electron chi connectivity index (χ2n) is 4.13. The van der Waals surface area contributed by atoms with E-state index in [0.717, 1.165) is 0 Å². The van der Waals surface area contributed by atoms with Crippen molar-refractivity contribution >= 4 is 11.6 Å². The van der Waals surface area contributed by atoms with Crippen LogP contribution in [-0.2, 0) is 16.6 Å². The van der Waals surface area contributed by atoms with Gasteiger partial charge in [-0.3, -0.25) is 9.48 Å². The molecule has 6 nitrogen and oxygen atoms in total. The Labute approximate surface area is 93.8 Å². The van der Waals surface area contributed by atoms with Crippen molar-refractivity contribution in [3.63, 3.8) is 0 Å². The van der Waals surface area contributed by atoms with Crippen LogP contribution in [0.3, 0.4) is 0 Å². The lowest BCUT2D eigenvalue weighted by Gasteiger charge is -2.31. The molecule has 1 aliphatic rings. The van der Waals surface area contributed by atoms with Gasteiger partial charge in [-0.25, -0.2) is 0 Å². The predicted octanol–water partition coefficient (Wildman–Crippen LogP) is -0.134. The first-order valence-electron chi connectivity index (χ1n) is 5.27. The summed E-state index contributed by atoms with van der Waals surface area (Å²) in [6.45, 7) is 1.08. The lowest BCUT2D eigenvalue weighted by molar-refractivity contribution is -0.124. The van der Waals surface area contributed by atoms with E-state index >= 15 is 0 Å². The number of anilines is 1. The second kappa shape index (κ2) is 4.23. The highest BCUT2D eigenvalue weighted by Gasteiger charge is 2.35. The van der Waals surface area contributed by atoms with E-state index in [0.29, 0.717) is 31.7 Å². The molecule has 0 atom stereocenters. The zero-order valence-electron chi connectivity index (χ0n) is 9.27. The van der Waals surface area contributed by atoms with Gasteiger partial charge in [-0.15, -0.1) is 0 Å². The molecule has 0 saturated carbocycles. The maximum Gasteiger partial charge on any atom is 0.244 e. The van der Waals surface area contributed by atoms with Crippen molar-refractivity contribution in [1.29, 1.82) is 0 Å². The van der Waals surface area contributed by atoms with E-state index in [1.165, 1.54) is 0 Å². The van der Waals surface area contributed by atoms with Crippen LogP contribution >= 0.6 is 0 Å². The summed E-state index contributed by atoms with van der Waals surface area (Å²) in [5, 5.41) is 6.74. The molecule has 0 aromatic carbocycles. The average Bonchev–Trinajstić information content (AvgIpc) is 2.65. The Bertz CT molecular complexity index is 382. The maximum absolute atomic E-state index is 12.0. The van der Waals surface area contributed by atoms with Crippen LogP contribution in [-0.4, -0.2) is 34.4 Å². The van der Waals surface area contributed by atoms with Crippen LogP contribution in [0.2, 0.25) is 0 Å². The molecule has 16 heavy (non-hydrogen) atoms. The number of aryl methyl sites for hydroxylation is 1. The number of nitrogens with two attached hydrogens (primary N) is 1. The molecule has 2 rings (SSSR count). The second-order valence-corrected chi connectivity index (χ2v) is 4.13. The monoisotopic (exact) mass is 224 g/mol. The fourth-order valence-corrected chi connectivity index (χ4v) is 1.70. The van der Waals surface area contributed by atoms with Crippen LogP contribution in [0.25, 0.3) is 0 Å². The highest BCUT2D eigenvalue weighted by atomic mass is 16.5. The number of nitrogens with one attached hydrogen (secondary N) is 1. The molecule has 0 unspecified atom stereocenters. The lowest BCUT2D eigenvalue weighted by Crippen LogP contribution is -2.54. The first kappa shape index (κ1) is 11.1. The molecule has 1 amide bonds. The van der Waals surface area contributed by atoms with Crippen LogP contribution in [0.4, 0.5) is 5.69 Å². The number of carbonyl (C=O) groups is 1. The van der Waals surface area contributed by atoms with Crippen LogP contribution in [0, 0.1) is 0 Å². The number of amides is 1. The van der Waals surface area contributed by atoms with E-state index in [9.17, 15) is 4.79 Å². The normalized spacial score (nSPS) is 19.4. The first-order chi connectivity index (χ1) is 7.60. The molecule has 0 radical (unpaired) electrons. The Morgan fingerprint density at radius 3 is 2.88 bits per heavy atom. The minimum absolute atomic E-state index is 0.163. The zero-order valence-corrected chi connectivity index (χ0v) is 9.27. The summed E-state index contributed by atoms with van der Waals surface area (Å²) in [6.07, 6.45) is 4.44. The van der Waals surface area contributed by atoms with E-state index in [1.807, 2.05) is 0 Å². The minimum atomic E-state index is -0.811. The van der Waals surface area contributed by atoms with Crippen molar-refractivity contribution in [2.45, 2.75) is 18.4 Å². The minimum Gasteiger partial charge on any atom is -0.381 e. The number of aromatic nitrogens is 2. The smallest absolute Gasteiger partial charge is 0.244 e. The molecule has 1 saturated heterocycles. The molecular formula is C10H16N4O2. The third-order valence-electron chi connectivity index (χ3n) is 2.80. The van der Waals surface area contributed by atoms with Gasteiger partial charge in [-0.1, -0.05) is 0 Å². The Kier molecular flexibility index (Phi) is 2.93. The summed E-state index contributed by atoms with van der Waals surface area (Å²) in [5.74, 6) is -0.163. The molecule has 1 fully saturated rings. The van der Waals surface area contributed by atoms with Crippen LogP contribution < -0.4 is 11.1 Å². The van der Waals surface area contributed by atoms with Gasteiger partial charge in [0.2, 0.25) is 5.91 Å². The van der Waals surface area contributed by atoms with Gasteiger partial charge in [0.1, 0.15) is 5.54 Å². The number of hydrogen-bond acceptors (Lipinski definition) is 4. The van der Waals surface area contributed by atoms with E-state index in [1.54, 1.807) is 24.1 Å². The van der Waals surface area contributed by atoms with Crippen molar-refractivity contribution in [3.8, 4) is 0 Å². The largest absolute Gasteiger partial charge is 0.381 e. The van der Waals surface area contributed by atoms with Crippen molar-refractivity contribution in [2.75, 3.05) is 18.5 Å². The van der Waals surface area contributed by atoms with E-state index < -0.39 is 5.54 Å². The molecule has 6 heteroatoms. The number of ether oxygens (including phenoxy) is 1. The number of hydrogen-bond donors (Lipinski definition) is 2. The Morgan fingerprint density at radius 2 is 2.31 bits per heavy atom. The van der Waals surface area contributed by atoms with Gasteiger partial charge >= 0.3 is 0 Å². The highest BCUT2D eigenvalue weighted by Crippen LogP contribution is 2.19. The van der Waals surface area contributed by atoms with Gasteiger partial charge < -0.3 is 15.8 Å². The van der Waals surface area contributed by atoms with Gasteiger partial charge in [0.05, 0.1) is 11.9 Å². The molecule has 1 aromatic heterocycles. The van der Waals surface area contributed by atoms with Crippen molar-refractivity contribution < 1.29 is 9.53 Å². The van der Waals surface area contributed by atoms with Gasteiger partial charge in [-0.05, 0) is 12.8 Å². The third-order valence-corrected chi connectivity index (χ3v) is 2.80. The third kappa shape index (κ3) is 2.23. The fourth-order valence-electron chi connectivity index (χ4n) is 1.70. The van der Waals surface area contributed by atoms with Crippen molar-refractivity contribution in [3.05, 3.63) is 12.4 Å². The Hall–Kier alpha value is -1.40. The number of nitrogens with zero attached hydrogens (tertiary/aromatic N) is 2. The molecule has 0 bridgehead atoms. The molecule has 88 valence electrons. The molecule has 2 heterocycles. The predicted molar refractivity (Wildman–Crippen MR) is 58.8 cm³/mol. The molecule has 0 spiro atoms. The summed E-state index contributed by atoms with van der Waals surface area (Å²) in [4.78, 5) is 12.0. The topological polar surface area (TPSA) is 82.2 Å². The highest BCUT2D eigenvalue weighted by molar-refractivity contribution is 5.97. The van der Waals surface area contributed by atoms with Crippen molar-refractivity contribution in [2.24, 2.45) is 12.8 Å². The van der Waals surface area contributed by atoms with E-state index in [-0.39, 0.29) is 5.91 Å². The summed E-state index contributed by atoms with van der Waals surface area (Å²) in [5.41, 5.74) is 5.90. The van der Waals surface area contributed by atoms with Crippen molar-refractivity contribution in [1.82, 2.24) is 9.78 Å². The van der Waals surface area contributed by atoms with Gasteiger partial charge in [0.15, 0.2) is 0 Å². The summed E-state index contributed by atoms with van der Waals surface area (Å²) in [6, 6.07) is 0. The number of carbonyl (C=O) groups excluding carboxylic acids is 1. The quantitative estimate of drug-likeness (QED) is 0.733. The van der Waals surface area contributed by atoms with Gasteiger partial charge in [0.25, 0.3) is 0 Å². The van der Waals surface area contributed by atoms with Crippen LogP contribution in [0.1, 0.15) is 12.8 Å². The van der Waals surface area contributed by atoms with Gasteiger partial charge in [-0.2, -0.15) is 5.10 Å². The average molecular weight is 224 g/mol. The summed E-state index contributed by atoms with van der Waals surface area (Å²) < 4.78 is 6.82. The van der Waals surface area contributed by atoms with E-state index in [2.05, 4.69) is 10.4 Å². The zero-order chi connectivity index (χ0) is 11.6. The molecule has 1 aliphatic heterocycles. The molecule has 3 N–H and O–H groups in total. The fraction of sp³-hybridized carbons (Fsp3) is 0.600. The molecule has 0 aliphatic carbocycles. The van der Waals surface area contributed by atoms with Crippen LogP contribution in [0.5, 0.6) is 0 Å². The Morgan fingerprint density at radius 1 is 1.62 bits per heavy atom. The van der Waals surface area contributed by atoms with Gasteiger partial charge in [0, 0.05) is 26.5 Å². The first-order valence-corrected chi connectivity index (χ1v) is 5.27. The maximum atomic E-state index is 12.0.